The minimum atomic E-state index is -1.19. The van der Waals surface area contributed by atoms with Gasteiger partial charge in [-0.15, -0.1) is 0 Å². The average molecular weight is 285 g/mol. The van der Waals surface area contributed by atoms with Crippen LogP contribution >= 0.6 is 23.2 Å². The van der Waals surface area contributed by atoms with Gasteiger partial charge in [0.05, 0.1) is 5.02 Å². The third-order valence-electron chi connectivity index (χ3n) is 2.01. The Morgan fingerprint density at radius 2 is 2.11 bits per heavy atom. The van der Waals surface area contributed by atoms with E-state index in [9.17, 15) is 4.79 Å². The standard InChI is InChI=1S/C11H6Cl2N2O3/c12-6-1-2-8(13)9(3-6)18-10-7(11(16)17)4-14-5-15-10/h1-5H,(H,16,17). The van der Waals surface area contributed by atoms with Crippen molar-refractivity contribution in [2.75, 3.05) is 0 Å². The predicted molar refractivity (Wildman–Crippen MR) is 65.5 cm³/mol. The van der Waals surface area contributed by atoms with Gasteiger partial charge in [0.1, 0.15) is 17.6 Å². The number of hydrogen-bond acceptors (Lipinski definition) is 4. The number of carbonyl (C=O) groups is 1. The van der Waals surface area contributed by atoms with E-state index < -0.39 is 5.97 Å². The number of carboxylic acids is 1. The van der Waals surface area contributed by atoms with Crippen LogP contribution in [0.1, 0.15) is 10.4 Å². The van der Waals surface area contributed by atoms with Crippen molar-refractivity contribution in [3.8, 4) is 11.6 Å². The molecule has 0 amide bonds. The molecule has 0 aliphatic heterocycles. The molecule has 0 unspecified atom stereocenters. The van der Waals surface area contributed by atoms with Gasteiger partial charge in [-0.25, -0.2) is 14.8 Å². The smallest absolute Gasteiger partial charge is 0.342 e. The first-order valence-electron chi connectivity index (χ1n) is 4.74. The second kappa shape index (κ2) is 5.20. The Balaban J connectivity index is 2.40. The highest BCUT2D eigenvalue weighted by atomic mass is 35.5. The van der Waals surface area contributed by atoms with Crippen LogP contribution in [-0.2, 0) is 0 Å². The number of aromatic nitrogens is 2. The maximum atomic E-state index is 10.9. The van der Waals surface area contributed by atoms with Gasteiger partial charge >= 0.3 is 5.97 Å². The van der Waals surface area contributed by atoms with Crippen LogP contribution in [0, 0.1) is 0 Å². The van der Waals surface area contributed by atoms with Crippen LogP contribution in [0.3, 0.4) is 0 Å². The van der Waals surface area contributed by atoms with Crippen molar-refractivity contribution in [2.45, 2.75) is 0 Å². The SMILES string of the molecule is O=C(O)c1cncnc1Oc1cc(Cl)ccc1Cl. The Bertz CT molecular complexity index is 605. The molecule has 5 nitrogen and oxygen atoms in total. The first-order valence-corrected chi connectivity index (χ1v) is 5.49. The molecular weight excluding hydrogens is 279 g/mol. The minimum Gasteiger partial charge on any atom is -0.477 e. The van der Waals surface area contributed by atoms with Crippen molar-refractivity contribution in [1.82, 2.24) is 9.97 Å². The van der Waals surface area contributed by atoms with Crippen molar-refractivity contribution >= 4 is 29.2 Å². The van der Waals surface area contributed by atoms with E-state index in [0.717, 1.165) is 6.20 Å². The highest BCUT2D eigenvalue weighted by Crippen LogP contribution is 2.32. The Kier molecular flexibility index (Phi) is 3.64. The normalized spacial score (nSPS) is 10.1. The second-order valence-corrected chi connectivity index (χ2v) is 4.07. The average Bonchev–Trinajstić information content (AvgIpc) is 2.34. The Hall–Kier alpha value is -1.85. The van der Waals surface area contributed by atoms with E-state index in [-0.39, 0.29) is 17.2 Å². The molecule has 0 fully saturated rings. The number of nitrogens with zero attached hydrogens (tertiary/aromatic N) is 2. The minimum absolute atomic E-state index is 0.0957. The van der Waals surface area contributed by atoms with Crippen molar-refractivity contribution in [1.29, 1.82) is 0 Å². The number of ether oxygens (including phenoxy) is 1. The Labute approximate surface area is 112 Å². The first-order chi connectivity index (χ1) is 8.58. The van der Waals surface area contributed by atoms with Gasteiger partial charge in [-0.1, -0.05) is 23.2 Å². The lowest BCUT2D eigenvalue weighted by Crippen LogP contribution is -2.02. The highest BCUT2D eigenvalue weighted by Gasteiger charge is 2.15. The molecule has 0 spiro atoms. The fourth-order valence-electron chi connectivity index (χ4n) is 1.21. The molecule has 0 aliphatic carbocycles. The zero-order valence-electron chi connectivity index (χ0n) is 8.80. The molecule has 1 aromatic carbocycles. The van der Waals surface area contributed by atoms with Crippen LogP contribution in [0.4, 0.5) is 0 Å². The summed E-state index contributed by atoms with van der Waals surface area (Å²) in [4.78, 5) is 18.3. The molecule has 92 valence electrons. The van der Waals surface area contributed by atoms with Gasteiger partial charge < -0.3 is 9.84 Å². The summed E-state index contributed by atoms with van der Waals surface area (Å²) in [5.74, 6) is -1.06. The molecule has 0 saturated carbocycles. The van der Waals surface area contributed by atoms with Gasteiger partial charge in [-0.2, -0.15) is 0 Å². The number of hydrogen-bond donors (Lipinski definition) is 1. The van der Waals surface area contributed by atoms with E-state index in [4.69, 9.17) is 33.0 Å². The predicted octanol–water partition coefficient (Wildman–Crippen LogP) is 3.27. The summed E-state index contributed by atoms with van der Waals surface area (Å²) in [6, 6.07) is 4.60. The molecule has 0 aliphatic rings. The number of rotatable bonds is 3. The Morgan fingerprint density at radius 3 is 2.83 bits per heavy atom. The van der Waals surface area contributed by atoms with Gasteiger partial charge in [-0.3, -0.25) is 0 Å². The molecule has 18 heavy (non-hydrogen) atoms. The summed E-state index contributed by atoms with van der Waals surface area (Å²) in [6.07, 6.45) is 2.32. The van der Waals surface area contributed by atoms with E-state index in [1.807, 2.05) is 0 Å². The van der Waals surface area contributed by atoms with Crippen LogP contribution in [0.25, 0.3) is 0 Å². The monoisotopic (exact) mass is 284 g/mol. The zero-order chi connectivity index (χ0) is 13.1. The largest absolute Gasteiger partial charge is 0.477 e. The van der Waals surface area contributed by atoms with Crippen LogP contribution in [-0.4, -0.2) is 21.0 Å². The molecular formula is C11H6Cl2N2O3. The fraction of sp³-hybridized carbons (Fsp3) is 0. The number of benzene rings is 1. The first kappa shape index (κ1) is 12.6. The Morgan fingerprint density at radius 1 is 1.33 bits per heavy atom. The van der Waals surface area contributed by atoms with Crippen LogP contribution in [0.15, 0.2) is 30.7 Å². The van der Waals surface area contributed by atoms with E-state index in [1.165, 1.54) is 12.4 Å². The summed E-state index contributed by atoms with van der Waals surface area (Å²) < 4.78 is 5.33. The van der Waals surface area contributed by atoms with Crippen molar-refractivity contribution in [3.05, 3.63) is 46.3 Å². The van der Waals surface area contributed by atoms with Crippen LogP contribution < -0.4 is 4.74 Å². The lowest BCUT2D eigenvalue weighted by atomic mass is 10.3. The summed E-state index contributed by atoms with van der Waals surface area (Å²) in [5.41, 5.74) is -0.159. The molecule has 2 aromatic rings. The van der Waals surface area contributed by atoms with Gasteiger partial charge in [0, 0.05) is 17.3 Å². The molecule has 1 N–H and O–H groups in total. The lowest BCUT2D eigenvalue weighted by Gasteiger charge is -2.08. The van der Waals surface area contributed by atoms with Crippen LogP contribution in [0.5, 0.6) is 11.6 Å². The summed E-state index contributed by atoms with van der Waals surface area (Å²) in [7, 11) is 0. The second-order valence-electron chi connectivity index (χ2n) is 3.22. The van der Waals surface area contributed by atoms with Gasteiger partial charge in [0.25, 0.3) is 0 Å². The molecule has 0 radical (unpaired) electrons. The lowest BCUT2D eigenvalue weighted by molar-refractivity contribution is 0.0693. The molecule has 0 atom stereocenters. The molecule has 1 heterocycles. The quantitative estimate of drug-likeness (QED) is 0.936. The topological polar surface area (TPSA) is 72.3 Å². The van der Waals surface area contributed by atoms with E-state index in [2.05, 4.69) is 9.97 Å². The maximum Gasteiger partial charge on any atom is 0.342 e. The fourth-order valence-corrected chi connectivity index (χ4v) is 1.52. The summed E-state index contributed by atoms with van der Waals surface area (Å²) >= 11 is 11.7. The molecule has 2 rings (SSSR count). The van der Waals surface area contributed by atoms with E-state index >= 15 is 0 Å². The molecule has 0 saturated heterocycles. The molecule has 7 heteroatoms. The van der Waals surface area contributed by atoms with Crippen LogP contribution in [0.2, 0.25) is 10.0 Å². The summed E-state index contributed by atoms with van der Waals surface area (Å²) in [5, 5.41) is 9.67. The third kappa shape index (κ3) is 2.69. The number of carboxylic acid groups (broad SMARTS) is 1. The van der Waals surface area contributed by atoms with Crippen molar-refractivity contribution in [2.24, 2.45) is 0 Å². The van der Waals surface area contributed by atoms with Gasteiger partial charge in [-0.05, 0) is 12.1 Å². The van der Waals surface area contributed by atoms with Crippen molar-refractivity contribution < 1.29 is 14.6 Å². The number of halogens is 2. The molecule has 1 aromatic heterocycles. The number of aromatic carboxylic acids is 1. The van der Waals surface area contributed by atoms with Gasteiger partial charge in [0.2, 0.25) is 5.88 Å². The molecule has 0 bridgehead atoms. The van der Waals surface area contributed by atoms with E-state index in [1.54, 1.807) is 12.1 Å². The third-order valence-corrected chi connectivity index (χ3v) is 2.55. The highest BCUT2D eigenvalue weighted by molar-refractivity contribution is 6.34. The maximum absolute atomic E-state index is 10.9. The summed E-state index contributed by atoms with van der Waals surface area (Å²) in [6.45, 7) is 0. The van der Waals surface area contributed by atoms with Crippen molar-refractivity contribution in [3.63, 3.8) is 0 Å². The van der Waals surface area contributed by atoms with E-state index in [0.29, 0.717) is 10.0 Å². The van der Waals surface area contributed by atoms with Gasteiger partial charge in [0.15, 0.2) is 0 Å². The zero-order valence-corrected chi connectivity index (χ0v) is 10.3.